The number of halogens is 1. The molecule has 3 heteroatoms. The molecule has 1 aromatic carbocycles. The smallest absolute Gasteiger partial charge is 0.0634 e. The van der Waals surface area contributed by atoms with Crippen LogP contribution in [0.25, 0.3) is 0 Å². The Hall–Kier alpha value is -0.180. The van der Waals surface area contributed by atoms with Gasteiger partial charge in [0.15, 0.2) is 0 Å². The van der Waals surface area contributed by atoms with Gasteiger partial charge in [-0.05, 0) is 30.7 Å². The second-order valence-corrected chi connectivity index (χ2v) is 5.44. The molecule has 0 amide bonds. The SMILES string of the molecule is CCCCCC(O)CSc1ccc(Cl)cc1. The molecular weight excluding hydrogens is 240 g/mol. The highest BCUT2D eigenvalue weighted by molar-refractivity contribution is 7.99. The number of rotatable bonds is 7. The van der Waals surface area contributed by atoms with Crippen molar-refractivity contribution < 1.29 is 5.11 Å². The van der Waals surface area contributed by atoms with E-state index < -0.39 is 0 Å². The highest BCUT2D eigenvalue weighted by atomic mass is 35.5. The monoisotopic (exact) mass is 258 g/mol. The van der Waals surface area contributed by atoms with Crippen LogP contribution in [-0.2, 0) is 0 Å². The summed E-state index contributed by atoms with van der Waals surface area (Å²) in [7, 11) is 0. The molecule has 1 unspecified atom stereocenters. The first-order valence-electron chi connectivity index (χ1n) is 5.78. The first-order chi connectivity index (χ1) is 7.72. The van der Waals surface area contributed by atoms with Crippen molar-refractivity contribution in [3.8, 4) is 0 Å². The lowest BCUT2D eigenvalue weighted by Crippen LogP contribution is -2.09. The Bertz CT molecular complexity index is 286. The van der Waals surface area contributed by atoms with Crippen LogP contribution >= 0.6 is 23.4 Å². The van der Waals surface area contributed by atoms with Crippen molar-refractivity contribution in [1.82, 2.24) is 0 Å². The van der Waals surface area contributed by atoms with Crippen LogP contribution in [0.2, 0.25) is 5.02 Å². The van der Waals surface area contributed by atoms with Gasteiger partial charge in [-0.15, -0.1) is 11.8 Å². The lowest BCUT2D eigenvalue weighted by molar-refractivity contribution is 0.185. The molecule has 0 aromatic heterocycles. The Balaban J connectivity index is 2.20. The molecule has 0 spiro atoms. The molecule has 0 aliphatic rings. The quantitative estimate of drug-likeness (QED) is 0.579. The van der Waals surface area contributed by atoms with Crippen molar-refractivity contribution in [2.75, 3.05) is 5.75 Å². The summed E-state index contributed by atoms with van der Waals surface area (Å²) >= 11 is 7.49. The van der Waals surface area contributed by atoms with Crippen molar-refractivity contribution in [1.29, 1.82) is 0 Å². The number of aliphatic hydroxyl groups excluding tert-OH is 1. The van der Waals surface area contributed by atoms with Gasteiger partial charge < -0.3 is 5.11 Å². The summed E-state index contributed by atoms with van der Waals surface area (Å²) in [4.78, 5) is 1.17. The molecule has 1 rings (SSSR count). The normalized spacial score (nSPS) is 12.7. The van der Waals surface area contributed by atoms with Gasteiger partial charge in [-0.1, -0.05) is 37.8 Å². The van der Waals surface area contributed by atoms with E-state index in [2.05, 4.69) is 6.92 Å². The van der Waals surface area contributed by atoms with Gasteiger partial charge in [0, 0.05) is 15.7 Å². The van der Waals surface area contributed by atoms with Gasteiger partial charge in [0.25, 0.3) is 0 Å². The van der Waals surface area contributed by atoms with Crippen molar-refractivity contribution in [2.24, 2.45) is 0 Å². The van der Waals surface area contributed by atoms with E-state index in [1.165, 1.54) is 17.7 Å². The molecule has 1 aromatic rings. The van der Waals surface area contributed by atoms with Gasteiger partial charge >= 0.3 is 0 Å². The molecule has 0 saturated heterocycles. The van der Waals surface area contributed by atoms with E-state index in [4.69, 9.17) is 11.6 Å². The summed E-state index contributed by atoms with van der Waals surface area (Å²) in [6, 6.07) is 7.75. The van der Waals surface area contributed by atoms with Crippen LogP contribution in [0.4, 0.5) is 0 Å². The highest BCUT2D eigenvalue weighted by Crippen LogP contribution is 2.22. The average Bonchev–Trinajstić information content (AvgIpc) is 2.29. The van der Waals surface area contributed by atoms with Crippen LogP contribution in [-0.4, -0.2) is 17.0 Å². The molecule has 1 N–H and O–H groups in total. The van der Waals surface area contributed by atoms with Crippen LogP contribution in [0.5, 0.6) is 0 Å². The van der Waals surface area contributed by atoms with Gasteiger partial charge in [0.05, 0.1) is 6.10 Å². The molecule has 0 fully saturated rings. The Morgan fingerprint density at radius 3 is 2.56 bits per heavy atom. The van der Waals surface area contributed by atoms with E-state index in [-0.39, 0.29) is 6.10 Å². The second-order valence-electron chi connectivity index (χ2n) is 3.91. The first-order valence-corrected chi connectivity index (χ1v) is 7.15. The van der Waals surface area contributed by atoms with Gasteiger partial charge in [0.2, 0.25) is 0 Å². The van der Waals surface area contributed by atoms with Gasteiger partial charge in [-0.2, -0.15) is 0 Å². The predicted molar refractivity (Wildman–Crippen MR) is 72.3 cm³/mol. The van der Waals surface area contributed by atoms with Crippen LogP contribution < -0.4 is 0 Å². The third kappa shape index (κ3) is 5.78. The molecular formula is C13H19ClOS. The Kier molecular flexibility index (Phi) is 6.93. The van der Waals surface area contributed by atoms with Crippen LogP contribution in [0, 0.1) is 0 Å². The van der Waals surface area contributed by atoms with E-state index in [0.717, 1.165) is 23.6 Å². The van der Waals surface area contributed by atoms with Crippen LogP contribution in [0.15, 0.2) is 29.2 Å². The van der Waals surface area contributed by atoms with E-state index in [9.17, 15) is 5.11 Å². The molecule has 0 aliphatic heterocycles. The third-order valence-corrected chi connectivity index (χ3v) is 3.81. The van der Waals surface area contributed by atoms with Gasteiger partial charge in [0.1, 0.15) is 0 Å². The Morgan fingerprint density at radius 2 is 1.94 bits per heavy atom. The largest absolute Gasteiger partial charge is 0.392 e. The fraction of sp³-hybridized carbons (Fsp3) is 0.538. The fourth-order valence-electron chi connectivity index (χ4n) is 1.44. The maximum absolute atomic E-state index is 9.74. The number of hydrogen-bond donors (Lipinski definition) is 1. The van der Waals surface area contributed by atoms with Crippen molar-refractivity contribution in [3.63, 3.8) is 0 Å². The van der Waals surface area contributed by atoms with Gasteiger partial charge in [-0.3, -0.25) is 0 Å². The maximum atomic E-state index is 9.74. The molecule has 0 bridgehead atoms. The highest BCUT2D eigenvalue weighted by Gasteiger charge is 2.04. The Morgan fingerprint density at radius 1 is 1.25 bits per heavy atom. The Labute approximate surface area is 107 Å². The average molecular weight is 259 g/mol. The summed E-state index contributed by atoms with van der Waals surface area (Å²) in [5.41, 5.74) is 0. The molecule has 1 atom stereocenters. The lowest BCUT2D eigenvalue weighted by atomic mass is 10.1. The molecule has 0 radical (unpaired) electrons. The third-order valence-electron chi connectivity index (χ3n) is 2.40. The minimum atomic E-state index is -0.188. The molecule has 1 nitrogen and oxygen atoms in total. The van der Waals surface area contributed by atoms with E-state index in [1.54, 1.807) is 11.8 Å². The van der Waals surface area contributed by atoms with Crippen LogP contribution in [0.1, 0.15) is 32.6 Å². The molecule has 0 saturated carbocycles. The minimum Gasteiger partial charge on any atom is -0.392 e. The van der Waals surface area contributed by atoms with Crippen LogP contribution in [0.3, 0.4) is 0 Å². The molecule has 0 aliphatic carbocycles. The number of benzene rings is 1. The summed E-state index contributed by atoms with van der Waals surface area (Å²) in [5.74, 6) is 0.769. The zero-order chi connectivity index (χ0) is 11.8. The number of unbranched alkanes of at least 4 members (excludes halogenated alkanes) is 2. The first kappa shape index (κ1) is 13.9. The maximum Gasteiger partial charge on any atom is 0.0634 e. The predicted octanol–water partition coefficient (Wildman–Crippen LogP) is 4.37. The summed E-state index contributed by atoms with van der Waals surface area (Å²) < 4.78 is 0. The van der Waals surface area contributed by atoms with E-state index >= 15 is 0 Å². The van der Waals surface area contributed by atoms with E-state index in [0.29, 0.717) is 0 Å². The second kappa shape index (κ2) is 7.99. The summed E-state index contributed by atoms with van der Waals surface area (Å²) in [6.07, 6.45) is 4.26. The topological polar surface area (TPSA) is 20.2 Å². The lowest BCUT2D eigenvalue weighted by Gasteiger charge is -2.09. The summed E-state index contributed by atoms with van der Waals surface area (Å²) in [5, 5.41) is 10.5. The number of hydrogen-bond acceptors (Lipinski definition) is 2. The van der Waals surface area contributed by atoms with E-state index in [1.807, 2.05) is 24.3 Å². The number of thioether (sulfide) groups is 1. The molecule has 0 heterocycles. The minimum absolute atomic E-state index is 0.188. The zero-order valence-electron chi connectivity index (χ0n) is 9.66. The molecule has 90 valence electrons. The number of aliphatic hydroxyl groups is 1. The van der Waals surface area contributed by atoms with Crippen molar-refractivity contribution in [2.45, 2.75) is 43.6 Å². The standard InChI is InChI=1S/C13H19ClOS/c1-2-3-4-5-12(15)10-16-13-8-6-11(14)7-9-13/h6-9,12,15H,2-5,10H2,1H3. The fourth-order valence-corrected chi connectivity index (χ4v) is 2.44. The van der Waals surface area contributed by atoms with Gasteiger partial charge in [-0.25, -0.2) is 0 Å². The zero-order valence-corrected chi connectivity index (χ0v) is 11.2. The van der Waals surface area contributed by atoms with Crippen molar-refractivity contribution in [3.05, 3.63) is 29.3 Å². The van der Waals surface area contributed by atoms with Crippen molar-refractivity contribution >= 4 is 23.4 Å². The summed E-state index contributed by atoms with van der Waals surface area (Å²) in [6.45, 7) is 2.18. The molecule has 16 heavy (non-hydrogen) atoms.